The Hall–Kier alpha value is -4.92. The van der Waals surface area contributed by atoms with Gasteiger partial charge < -0.3 is 0 Å². The van der Waals surface area contributed by atoms with E-state index in [0.29, 0.717) is 5.69 Å². The van der Waals surface area contributed by atoms with Crippen LogP contribution in [0.5, 0.6) is 0 Å². The Kier molecular flexibility index (Phi) is 6.95. The van der Waals surface area contributed by atoms with Gasteiger partial charge in [0.1, 0.15) is 6.54 Å². The van der Waals surface area contributed by atoms with E-state index >= 15 is 0 Å². The number of hydrogen-bond donors (Lipinski definition) is 0. The highest BCUT2D eigenvalue weighted by Crippen LogP contribution is 2.45. The van der Waals surface area contributed by atoms with Gasteiger partial charge in [-0.15, -0.1) is 0 Å². The first-order chi connectivity index (χ1) is 21.3. The fourth-order valence-corrected chi connectivity index (χ4v) is 6.68. The summed E-state index contributed by atoms with van der Waals surface area (Å²) in [6.45, 7) is 5.84. The van der Waals surface area contributed by atoms with Crippen molar-refractivity contribution in [1.29, 1.82) is 0 Å². The summed E-state index contributed by atoms with van der Waals surface area (Å²) in [5.41, 5.74) is 8.06. The number of imide groups is 1. The lowest BCUT2D eigenvalue weighted by Crippen LogP contribution is -2.45. The van der Waals surface area contributed by atoms with Gasteiger partial charge in [0, 0.05) is 5.92 Å². The molecule has 44 heavy (non-hydrogen) atoms. The largest absolute Gasteiger partial charge is 0.271 e. The van der Waals surface area contributed by atoms with Crippen LogP contribution in [0.25, 0.3) is 6.08 Å². The van der Waals surface area contributed by atoms with Gasteiger partial charge in [-0.1, -0.05) is 82.6 Å². The average molecular weight is 587 g/mol. The molecule has 3 amide bonds. The third-order valence-electron chi connectivity index (χ3n) is 9.04. The van der Waals surface area contributed by atoms with Crippen molar-refractivity contribution in [2.75, 3.05) is 11.4 Å². The molecule has 3 aromatic carbocycles. The molecular weight excluding hydrogens is 552 g/mol. The van der Waals surface area contributed by atoms with E-state index < -0.39 is 23.9 Å². The van der Waals surface area contributed by atoms with E-state index in [-0.39, 0.29) is 24.4 Å². The van der Waals surface area contributed by atoms with Crippen molar-refractivity contribution in [3.8, 4) is 0 Å². The first-order valence-electron chi connectivity index (χ1n) is 15.1. The fraction of sp³-hybridized carbons (Fsp3) is 0.314. The van der Waals surface area contributed by atoms with Crippen molar-refractivity contribution in [2.45, 2.75) is 58.2 Å². The molecule has 2 fully saturated rings. The number of rotatable bonds is 5. The van der Waals surface area contributed by atoms with Gasteiger partial charge in [-0.2, -0.15) is 10.2 Å². The number of hydrazone groups is 1. The van der Waals surface area contributed by atoms with Gasteiger partial charge in [-0.25, -0.2) is 9.91 Å². The summed E-state index contributed by atoms with van der Waals surface area (Å²) in [6.07, 6.45) is 4.99. The molecule has 4 aliphatic rings. The van der Waals surface area contributed by atoms with Gasteiger partial charge in [-0.05, 0) is 74.9 Å². The minimum absolute atomic E-state index is 0.0479. The number of nitrogens with zero attached hydrogens (tertiary/aromatic N) is 6. The maximum atomic E-state index is 14.1. The van der Waals surface area contributed by atoms with Gasteiger partial charge in [0.05, 0.1) is 17.4 Å². The molecule has 7 rings (SSSR count). The number of carbonyl (C=O) groups excluding carboxylic acids is 3. The lowest BCUT2D eigenvalue weighted by Gasteiger charge is -2.30. The monoisotopic (exact) mass is 586 g/mol. The van der Waals surface area contributed by atoms with E-state index in [1.807, 2.05) is 26.0 Å². The molecule has 1 saturated carbocycles. The van der Waals surface area contributed by atoms with Gasteiger partial charge in [0.2, 0.25) is 0 Å². The van der Waals surface area contributed by atoms with E-state index in [4.69, 9.17) is 5.10 Å². The zero-order valence-electron chi connectivity index (χ0n) is 25.1. The molecule has 1 aliphatic carbocycles. The predicted octanol–water partition coefficient (Wildman–Crippen LogP) is 5.73. The Balaban J connectivity index is 1.18. The molecule has 0 aromatic heterocycles. The normalized spacial score (nSPS) is 25.1. The third-order valence-corrected chi connectivity index (χ3v) is 9.04. The molecule has 3 aliphatic heterocycles. The van der Waals surface area contributed by atoms with Crippen LogP contribution in [0.3, 0.4) is 0 Å². The fourth-order valence-electron chi connectivity index (χ4n) is 6.68. The highest BCUT2D eigenvalue weighted by atomic mass is 16.2. The number of benzene rings is 3. The molecule has 0 spiro atoms. The molecule has 0 radical (unpaired) electrons. The number of allylic oxidation sites excluding steroid dienone is 1. The smallest absolute Gasteiger partial charge is 0.264 e. The van der Waals surface area contributed by atoms with Crippen LogP contribution in [0.15, 0.2) is 93.8 Å². The first-order valence-corrected chi connectivity index (χ1v) is 15.1. The van der Waals surface area contributed by atoms with Crippen molar-refractivity contribution in [3.05, 3.63) is 106 Å². The Morgan fingerprint density at radius 2 is 1.48 bits per heavy atom. The SMILES string of the molecule is Cc1ccc(/C=C2\CCC[C@@H]3C2=NN(C(=O)CN2N=N[C@@H]4C(=O)N(c5ccc(C)cc5)C(=O)[C@@H]42)[C@H]3c2ccc(C)cc2)cc1. The second-order valence-corrected chi connectivity index (χ2v) is 12.2. The van der Waals surface area contributed by atoms with Crippen LogP contribution in [0.2, 0.25) is 0 Å². The molecule has 1 saturated heterocycles. The molecule has 9 heteroatoms. The van der Waals surface area contributed by atoms with E-state index in [0.717, 1.165) is 57.7 Å². The minimum atomic E-state index is -0.971. The molecule has 0 unspecified atom stereocenters. The lowest BCUT2D eigenvalue weighted by atomic mass is 9.77. The van der Waals surface area contributed by atoms with E-state index in [2.05, 4.69) is 71.9 Å². The predicted molar refractivity (Wildman–Crippen MR) is 168 cm³/mol. The summed E-state index contributed by atoms with van der Waals surface area (Å²) in [7, 11) is 0. The summed E-state index contributed by atoms with van der Waals surface area (Å²) < 4.78 is 0. The molecule has 0 N–H and O–H groups in total. The maximum Gasteiger partial charge on any atom is 0.264 e. The standard InChI is InChI=1S/C35H34N6O3/c1-21-7-13-24(14-8-21)19-26-5-4-6-28-30(26)37-41(32(28)25-15-9-22(2)10-16-25)29(42)20-39-33-31(36-38-39)34(43)40(35(33)44)27-17-11-23(3)12-18-27/h7-19,28,31-33H,4-6,20H2,1-3H3/b26-19+/t28-,31+,32+,33-/m1/s1. The summed E-state index contributed by atoms with van der Waals surface area (Å²) in [5.74, 6) is -1.10. The lowest BCUT2D eigenvalue weighted by molar-refractivity contribution is -0.136. The van der Waals surface area contributed by atoms with Crippen molar-refractivity contribution >= 4 is 35.2 Å². The van der Waals surface area contributed by atoms with Crippen LogP contribution in [-0.4, -0.2) is 52.1 Å². The number of carbonyl (C=O) groups is 3. The summed E-state index contributed by atoms with van der Waals surface area (Å²) in [6, 6.07) is 21.7. The maximum absolute atomic E-state index is 14.1. The number of fused-ring (bicyclic) bond motifs is 2. The van der Waals surface area contributed by atoms with Crippen LogP contribution < -0.4 is 4.90 Å². The molecule has 3 heterocycles. The third kappa shape index (κ3) is 4.82. The van der Waals surface area contributed by atoms with Crippen LogP contribution in [0, 0.1) is 26.7 Å². The number of anilines is 1. The average Bonchev–Trinajstić information content (AvgIpc) is 3.69. The van der Waals surface area contributed by atoms with Gasteiger partial charge in [0.15, 0.2) is 12.1 Å². The van der Waals surface area contributed by atoms with Crippen molar-refractivity contribution in [1.82, 2.24) is 10.0 Å². The van der Waals surface area contributed by atoms with Gasteiger partial charge in [-0.3, -0.25) is 19.4 Å². The first kappa shape index (κ1) is 27.9. The zero-order valence-corrected chi connectivity index (χ0v) is 25.1. The molecule has 4 atom stereocenters. The minimum Gasteiger partial charge on any atom is -0.271 e. The second kappa shape index (κ2) is 11.0. The van der Waals surface area contributed by atoms with Gasteiger partial charge in [0.25, 0.3) is 17.7 Å². The van der Waals surface area contributed by atoms with Crippen LogP contribution >= 0.6 is 0 Å². The molecule has 222 valence electrons. The van der Waals surface area contributed by atoms with E-state index in [1.54, 1.807) is 17.1 Å². The van der Waals surface area contributed by atoms with Crippen molar-refractivity contribution < 1.29 is 14.4 Å². The summed E-state index contributed by atoms with van der Waals surface area (Å²) in [4.78, 5) is 42.0. The van der Waals surface area contributed by atoms with Crippen LogP contribution in [-0.2, 0) is 14.4 Å². The quantitative estimate of drug-likeness (QED) is 0.357. The van der Waals surface area contributed by atoms with Crippen LogP contribution in [0.1, 0.15) is 53.1 Å². The summed E-state index contributed by atoms with van der Waals surface area (Å²) in [5, 5.41) is 16.2. The molecule has 0 bridgehead atoms. The summed E-state index contributed by atoms with van der Waals surface area (Å²) >= 11 is 0. The Labute approximate surface area is 256 Å². The Bertz CT molecular complexity index is 1730. The Morgan fingerprint density at radius 3 is 2.16 bits per heavy atom. The number of hydrogen-bond acceptors (Lipinski definition) is 7. The molecule has 9 nitrogen and oxygen atoms in total. The van der Waals surface area contributed by atoms with Crippen LogP contribution in [0.4, 0.5) is 5.69 Å². The number of aryl methyl sites for hydroxylation is 3. The highest BCUT2D eigenvalue weighted by molar-refractivity contribution is 6.25. The Morgan fingerprint density at radius 1 is 0.841 bits per heavy atom. The highest BCUT2D eigenvalue weighted by Gasteiger charge is 2.55. The second-order valence-electron chi connectivity index (χ2n) is 12.2. The van der Waals surface area contributed by atoms with E-state index in [1.165, 1.54) is 10.6 Å². The topological polar surface area (TPSA) is 98.0 Å². The van der Waals surface area contributed by atoms with Gasteiger partial charge >= 0.3 is 0 Å². The molecular formula is C35H34N6O3. The number of amides is 3. The van der Waals surface area contributed by atoms with Crippen molar-refractivity contribution in [3.63, 3.8) is 0 Å². The molecule has 3 aromatic rings. The zero-order chi connectivity index (χ0) is 30.5. The van der Waals surface area contributed by atoms with E-state index in [9.17, 15) is 14.4 Å². The van der Waals surface area contributed by atoms with Crippen molar-refractivity contribution in [2.24, 2.45) is 21.4 Å².